The van der Waals surface area contributed by atoms with E-state index < -0.39 is 49.6 Å². The number of nitro benzene ring substituents is 1. The summed E-state index contributed by atoms with van der Waals surface area (Å²) in [5, 5.41) is 16.3. The van der Waals surface area contributed by atoms with E-state index in [9.17, 15) is 32.9 Å². The van der Waals surface area contributed by atoms with Gasteiger partial charge in [0.15, 0.2) is 5.70 Å². The van der Waals surface area contributed by atoms with Crippen LogP contribution in [0.3, 0.4) is 0 Å². The lowest BCUT2D eigenvalue weighted by molar-refractivity contribution is -0.384. The number of nitrogens with zero attached hydrogens (tertiary/aromatic N) is 3. The molecule has 2 aromatic rings. The molecule has 0 aliphatic carbocycles. The zero-order valence-corrected chi connectivity index (χ0v) is 25.4. The summed E-state index contributed by atoms with van der Waals surface area (Å²) in [4.78, 5) is 51.1. The molecule has 0 bridgehead atoms. The number of hydrogen-bond acceptors (Lipinski definition) is 10. The molecular weight excluding hydrogens is 580 g/mol. The number of aryl methyl sites for hydroxylation is 1. The van der Waals surface area contributed by atoms with Gasteiger partial charge < -0.3 is 14.8 Å². The summed E-state index contributed by atoms with van der Waals surface area (Å²) in [7, 11) is -4.24. The zero-order chi connectivity index (χ0) is 31.7. The first-order valence-electron chi connectivity index (χ1n) is 13.6. The van der Waals surface area contributed by atoms with Crippen LogP contribution in [0.5, 0.6) is 0 Å². The van der Waals surface area contributed by atoms with Crippen LogP contribution < -0.4 is 5.32 Å². The third kappa shape index (κ3) is 6.54. The average Bonchev–Trinajstić information content (AvgIpc) is 3.32. The van der Waals surface area contributed by atoms with Gasteiger partial charge in [-0.2, -0.15) is 0 Å². The molecule has 4 rings (SSSR count). The van der Waals surface area contributed by atoms with Gasteiger partial charge in [0.1, 0.15) is 11.1 Å². The Morgan fingerprint density at radius 2 is 1.72 bits per heavy atom. The number of carbonyl (C=O) groups excluding carboxylic acids is 3. The third-order valence-electron chi connectivity index (χ3n) is 7.00. The van der Waals surface area contributed by atoms with E-state index in [0.29, 0.717) is 5.56 Å². The smallest absolute Gasteiger partial charge is 0.408 e. The summed E-state index contributed by atoms with van der Waals surface area (Å²) >= 11 is 0. The molecule has 1 atom stereocenters. The number of nitrogens with one attached hydrogen (secondary N) is 1. The molecule has 0 aromatic heterocycles. The number of sulfone groups is 1. The zero-order valence-electron chi connectivity index (χ0n) is 24.6. The number of alkyl carbamates (subject to hydrolysis) is 1. The molecule has 14 heteroatoms. The number of rotatable bonds is 8. The van der Waals surface area contributed by atoms with E-state index in [1.807, 2.05) is 6.92 Å². The van der Waals surface area contributed by atoms with Gasteiger partial charge in [-0.25, -0.2) is 28.0 Å². The monoisotopic (exact) mass is 614 g/mol. The van der Waals surface area contributed by atoms with E-state index in [0.717, 1.165) is 10.6 Å². The second-order valence-electron chi connectivity index (χ2n) is 11.4. The number of fused-ring (bicyclic) bond motifs is 1. The van der Waals surface area contributed by atoms with Crippen molar-refractivity contribution in [1.82, 2.24) is 15.3 Å². The molecule has 2 amide bonds. The van der Waals surface area contributed by atoms with Crippen LogP contribution in [-0.4, -0.2) is 72.2 Å². The molecule has 230 valence electrons. The minimum Gasteiger partial charge on any atom is -0.461 e. The van der Waals surface area contributed by atoms with Gasteiger partial charge in [0.25, 0.3) is 11.6 Å². The van der Waals surface area contributed by atoms with Crippen molar-refractivity contribution < 1.29 is 37.2 Å². The van der Waals surface area contributed by atoms with E-state index >= 15 is 0 Å². The van der Waals surface area contributed by atoms with Gasteiger partial charge in [0.05, 0.1) is 27.9 Å². The molecule has 2 aliphatic rings. The third-order valence-corrected chi connectivity index (χ3v) is 8.87. The van der Waals surface area contributed by atoms with Gasteiger partial charge >= 0.3 is 12.1 Å². The second kappa shape index (κ2) is 11.8. The van der Waals surface area contributed by atoms with E-state index in [4.69, 9.17) is 9.47 Å². The minimum absolute atomic E-state index is 0.0204. The van der Waals surface area contributed by atoms with Crippen molar-refractivity contribution in [2.45, 2.75) is 63.5 Å². The summed E-state index contributed by atoms with van der Waals surface area (Å²) in [6.07, 6.45) is -1.000. The van der Waals surface area contributed by atoms with Gasteiger partial charge in [-0.15, -0.1) is 0 Å². The Labute approximate surface area is 249 Å². The van der Waals surface area contributed by atoms with Crippen molar-refractivity contribution in [1.29, 1.82) is 0 Å². The summed E-state index contributed by atoms with van der Waals surface area (Å²) in [5.41, 5.74) is -1.89. The molecule has 2 aliphatic heterocycles. The summed E-state index contributed by atoms with van der Waals surface area (Å²) in [6.45, 7) is 8.06. The minimum atomic E-state index is -4.24. The number of hydrazine groups is 1. The molecule has 1 fully saturated rings. The van der Waals surface area contributed by atoms with Crippen molar-refractivity contribution in [3.63, 3.8) is 0 Å². The van der Waals surface area contributed by atoms with Gasteiger partial charge in [-0.3, -0.25) is 14.9 Å². The van der Waals surface area contributed by atoms with Crippen molar-refractivity contribution >= 4 is 33.5 Å². The standard InChI is InChI=1S/C29H34N4O9S/c1-6-41-25(34)24-23(43(39,40)22-13-7-19(2)8-14-22)18-31-16-15-29(26(35)32(24)31,30-27(36)42-28(3,4)5)17-20-9-11-21(12-10-20)33(37)38/h7-14H,6,15-18H2,1-5H3,(H,30,36). The number of benzene rings is 2. The molecule has 0 radical (unpaired) electrons. The largest absolute Gasteiger partial charge is 0.461 e. The van der Waals surface area contributed by atoms with Gasteiger partial charge in [-0.05, 0) is 58.7 Å². The summed E-state index contributed by atoms with van der Waals surface area (Å²) in [5.74, 6) is -1.78. The van der Waals surface area contributed by atoms with Crippen LogP contribution in [0, 0.1) is 17.0 Å². The highest BCUT2D eigenvalue weighted by Gasteiger charge is 2.55. The predicted octanol–water partition coefficient (Wildman–Crippen LogP) is 3.42. The van der Waals surface area contributed by atoms with Crippen LogP contribution in [0.25, 0.3) is 0 Å². The molecule has 1 unspecified atom stereocenters. The Balaban J connectivity index is 1.82. The van der Waals surface area contributed by atoms with Crippen LogP contribution in [-0.2, 0) is 35.3 Å². The molecule has 1 N–H and O–H groups in total. The number of amides is 2. The van der Waals surface area contributed by atoms with Crippen molar-refractivity contribution in [3.8, 4) is 0 Å². The average molecular weight is 615 g/mol. The highest BCUT2D eigenvalue weighted by Crippen LogP contribution is 2.39. The van der Waals surface area contributed by atoms with E-state index in [2.05, 4.69) is 5.32 Å². The fraction of sp³-hybridized carbons (Fsp3) is 0.414. The lowest BCUT2D eigenvalue weighted by Crippen LogP contribution is -2.68. The molecule has 2 aromatic carbocycles. The van der Waals surface area contributed by atoms with Crippen LogP contribution >= 0.6 is 0 Å². The predicted molar refractivity (Wildman–Crippen MR) is 154 cm³/mol. The number of esters is 1. The number of hydrogen-bond donors (Lipinski definition) is 1. The second-order valence-corrected chi connectivity index (χ2v) is 13.3. The Bertz CT molecular complexity index is 1580. The number of non-ortho nitro benzene ring substituents is 1. The molecule has 43 heavy (non-hydrogen) atoms. The number of ether oxygens (including phenoxy) is 2. The maximum atomic E-state index is 14.5. The molecule has 13 nitrogen and oxygen atoms in total. The quantitative estimate of drug-likeness (QED) is 0.265. The van der Waals surface area contributed by atoms with E-state index in [1.165, 1.54) is 41.4 Å². The molecule has 0 saturated carbocycles. The fourth-order valence-electron chi connectivity index (χ4n) is 4.99. The van der Waals surface area contributed by atoms with E-state index in [1.54, 1.807) is 39.8 Å². The van der Waals surface area contributed by atoms with Gasteiger partial charge in [0.2, 0.25) is 9.84 Å². The normalized spacial score (nSPS) is 19.2. The maximum Gasteiger partial charge on any atom is 0.408 e. The van der Waals surface area contributed by atoms with Crippen LogP contribution in [0.2, 0.25) is 0 Å². The van der Waals surface area contributed by atoms with Crippen LogP contribution in [0.1, 0.15) is 45.2 Å². The summed E-state index contributed by atoms with van der Waals surface area (Å²) < 4.78 is 38.3. The maximum absolute atomic E-state index is 14.5. The molecule has 0 spiro atoms. The first-order valence-corrected chi connectivity index (χ1v) is 15.1. The lowest BCUT2D eigenvalue weighted by atomic mass is 9.84. The molecule has 1 saturated heterocycles. The topological polar surface area (TPSA) is 165 Å². The Morgan fingerprint density at radius 3 is 2.28 bits per heavy atom. The fourth-order valence-corrected chi connectivity index (χ4v) is 6.51. The lowest BCUT2D eigenvalue weighted by Gasteiger charge is -2.45. The van der Waals surface area contributed by atoms with Crippen molar-refractivity contribution in [2.75, 3.05) is 19.7 Å². The molecule has 2 heterocycles. The van der Waals surface area contributed by atoms with Crippen LogP contribution in [0.4, 0.5) is 10.5 Å². The van der Waals surface area contributed by atoms with Gasteiger partial charge in [-0.1, -0.05) is 29.8 Å². The first-order chi connectivity index (χ1) is 20.1. The van der Waals surface area contributed by atoms with Crippen LogP contribution in [0.15, 0.2) is 64.0 Å². The van der Waals surface area contributed by atoms with E-state index in [-0.39, 0.29) is 48.0 Å². The van der Waals surface area contributed by atoms with Crippen molar-refractivity contribution in [3.05, 3.63) is 80.4 Å². The summed E-state index contributed by atoms with van der Waals surface area (Å²) in [6, 6.07) is 11.6. The number of carbonyl (C=O) groups is 3. The Hall–Kier alpha value is -4.30. The highest BCUT2D eigenvalue weighted by molar-refractivity contribution is 7.95. The Morgan fingerprint density at radius 1 is 1.09 bits per heavy atom. The van der Waals surface area contributed by atoms with Gasteiger partial charge in [0, 0.05) is 25.1 Å². The highest BCUT2D eigenvalue weighted by atomic mass is 32.2. The number of nitro groups is 1. The first kappa shape index (κ1) is 31.6. The molecular formula is C29H34N4O9S. The SMILES string of the molecule is CCOC(=O)C1=C(S(=O)(=O)c2ccc(C)cc2)CN2CCC(Cc3ccc([N+](=O)[O-])cc3)(NC(=O)OC(C)(C)C)C(=O)N12. The Kier molecular flexibility index (Phi) is 8.65. The van der Waals surface area contributed by atoms with Crippen molar-refractivity contribution in [2.24, 2.45) is 0 Å².